The Labute approximate surface area is 154 Å². The Kier molecular flexibility index (Phi) is 7.16. The highest BCUT2D eigenvalue weighted by molar-refractivity contribution is 5.96. The van der Waals surface area contributed by atoms with Crippen LogP contribution in [0.3, 0.4) is 0 Å². The molecule has 0 unspecified atom stereocenters. The van der Waals surface area contributed by atoms with Gasteiger partial charge in [-0.25, -0.2) is 0 Å². The quantitative estimate of drug-likeness (QED) is 0.512. The van der Waals surface area contributed by atoms with Gasteiger partial charge in [0.15, 0.2) is 0 Å². The summed E-state index contributed by atoms with van der Waals surface area (Å²) in [7, 11) is 0. The van der Waals surface area contributed by atoms with Crippen LogP contribution in [0, 0.1) is 0 Å². The van der Waals surface area contributed by atoms with Crippen molar-refractivity contribution in [2.75, 3.05) is 39.4 Å². The highest BCUT2D eigenvalue weighted by Crippen LogP contribution is 2.16. The van der Waals surface area contributed by atoms with Crippen LogP contribution < -0.4 is 17.0 Å². The standard InChI is InChI=1S/C20H24NO2.BrH/c22-20(19-9-5-2-6-10-19)17-21(13-15-23-16-14-21)12-11-18-7-3-1-4-8-18;/h1-10H,11-17H2;1H/q+1;/p-1. The second-order valence-electron chi connectivity index (χ2n) is 6.31. The van der Waals surface area contributed by atoms with Crippen LogP contribution in [0.4, 0.5) is 0 Å². The lowest BCUT2D eigenvalue weighted by Gasteiger charge is -2.41. The summed E-state index contributed by atoms with van der Waals surface area (Å²) in [6, 6.07) is 20.2. The van der Waals surface area contributed by atoms with Crippen LogP contribution in [0.1, 0.15) is 15.9 Å². The SMILES string of the molecule is O=C(C[N+]1(CCc2ccccc2)CCOCC1)c1ccccc1.[Br-]. The Morgan fingerprint density at radius 1 is 0.917 bits per heavy atom. The van der Waals surface area contributed by atoms with Crippen molar-refractivity contribution in [1.29, 1.82) is 0 Å². The molecule has 0 spiro atoms. The van der Waals surface area contributed by atoms with Crippen molar-refractivity contribution in [2.45, 2.75) is 6.42 Å². The van der Waals surface area contributed by atoms with E-state index in [1.807, 2.05) is 36.4 Å². The molecular formula is C20H24BrNO2. The summed E-state index contributed by atoms with van der Waals surface area (Å²) in [6.07, 6.45) is 1.00. The number of quaternary nitrogens is 1. The lowest BCUT2D eigenvalue weighted by Crippen LogP contribution is -3.00. The predicted molar refractivity (Wildman–Crippen MR) is 91.5 cm³/mol. The van der Waals surface area contributed by atoms with Gasteiger partial charge in [-0.2, -0.15) is 0 Å². The first-order chi connectivity index (χ1) is 11.3. The van der Waals surface area contributed by atoms with Gasteiger partial charge in [0, 0.05) is 12.0 Å². The Morgan fingerprint density at radius 2 is 1.50 bits per heavy atom. The van der Waals surface area contributed by atoms with Gasteiger partial charge in [0.1, 0.15) is 19.6 Å². The van der Waals surface area contributed by atoms with Gasteiger partial charge in [-0.15, -0.1) is 0 Å². The molecule has 2 aromatic carbocycles. The summed E-state index contributed by atoms with van der Waals surface area (Å²) in [5, 5.41) is 0. The number of nitrogens with zero attached hydrogens (tertiary/aromatic N) is 1. The van der Waals surface area contributed by atoms with Crippen molar-refractivity contribution in [3.8, 4) is 0 Å². The fourth-order valence-corrected chi connectivity index (χ4v) is 3.22. The van der Waals surface area contributed by atoms with E-state index >= 15 is 0 Å². The summed E-state index contributed by atoms with van der Waals surface area (Å²) < 4.78 is 6.37. The first-order valence-corrected chi connectivity index (χ1v) is 8.32. The number of rotatable bonds is 6. The minimum Gasteiger partial charge on any atom is -1.00 e. The summed E-state index contributed by atoms with van der Waals surface area (Å²) in [5.74, 6) is 0.237. The molecule has 2 aromatic rings. The first-order valence-electron chi connectivity index (χ1n) is 8.32. The van der Waals surface area contributed by atoms with Crippen LogP contribution in [0.15, 0.2) is 60.7 Å². The monoisotopic (exact) mass is 389 g/mol. The number of morpholine rings is 1. The molecule has 0 aromatic heterocycles. The Morgan fingerprint density at radius 3 is 2.12 bits per heavy atom. The average molecular weight is 390 g/mol. The average Bonchev–Trinajstić information content (AvgIpc) is 2.62. The van der Waals surface area contributed by atoms with Crippen LogP contribution in [0.5, 0.6) is 0 Å². The maximum Gasteiger partial charge on any atom is 0.216 e. The second-order valence-corrected chi connectivity index (χ2v) is 6.31. The van der Waals surface area contributed by atoms with Gasteiger partial charge in [-0.3, -0.25) is 4.79 Å². The summed E-state index contributed by atoms with van der Waals surface area (Å²) in [4.78, 5) is 12.7. The first kappa shape index (κ1) is 18.8. The van der Waals surface area contributed by atoms with Crippen molar-refractivity contribution in [1.82, 2.24) is 0 Å². The molecule has 0 bridgehead atoms. The lowest BCUT2D eigenvalue weighted by atomic mass is 10.1. The Balaban J connectivity index is 0.00000208. The van der Waals surface area contributed by atoms with E-state index in [-0.39, 0.29) is 22.8 Å². The second kappa shape index (κ2) is 9.11. The van der Waals surface area contributed by atoms with Gasteiger partial charge in [0.25, 0.3) is 0 Å². The van der Waals surface area contributed by atoms with Crippen molar-refractivity contribution in [2.24, 2.45) is 0 Å². The van der Waals surface area contributed by atoms with E-state index in [9.17, 15) is 4.79 Å². The van der Waals surface area contributed by atoms with E-state index in [0.717, 1.165) is 49.3 Å². The predicted octanol–water partition coefficient (Wildman–Crippen LogP) is -0.0370. The normalized spacial score (nSPS) is 16.2. The maximum absolute atomic E-state index is 12.7. The molecule has 128 valence electrons. The van der Waals surface area contributed by atoms with Crippen molar-refractivity contribution in [3.05, 3.63) is 71.8 Å². The Bertz CT molecular complexity index is 625. The zero-order valence-electron chi connectivity index (χ0n) is 13.9. The van der Waals surface area contributed by atoms with E-state index in [1.54, 1.807) is 0 Å². The number of hydrogen-bond acceptors (Lipinski definition) is 2. The zero-order chi connectivity index (χ0) is 16.0. The minimum absolute atomic E-state index is 0. The number of hydrogen-bond donors (Lipinski definition) is 0. The summed E-state index contributed by atoms with van der Waals surface area (Å²) in [6.45, 7) is 4.90. The fourth-order valence-electron chi connectivity index (χ4n) is 3.22. The van der Waals surface area contributed by atoms with E-state index < -0.39 is 0 Å². The van der Waals surface area contributed by atoms with Gasteiger partial charge in [-0.1, -0.05) is 60.7 Å². The molecule has 0 radical (unpaired) electrons. The van der Waals surface area contributed by atoms with Gasteiger partial charge in [-0.05, 0) is 5.56 Å². The molecule has 0 saturated carbocycles. The highest BCUT2D eigenvalue weighted by Gasteiger charge is 2.32. The molecule has 1 aliphatic rings. The summed E-state index contributed by atoms with van der Waals surface area (Å²) >= 11 is 0. The smallest absolute Gasteiger partial charge is 0.216 e. The molecule has 3 rings (SSSR count). The minimum atomic E-state index is 0. The summed E-state index contributed by atoms with van der Waals surface area (Å²) in [5.41, 5.74) is 2.15. The molecule has 0 amide bonds. The van der Waals surface area contributed by atoms with Crippen LogP contribution in [-0.2, 0) is 11.2 Å². The van der Waals surface area contributed by atoms with Gasteiger partial charge >= 0.3 is 0 Å². The third kappa shape index (κ3) is 5.00. The fraction of sp³-hybridized carbons (Fsp3) is 0.350. The lowest BCUT2D eigenvalue weighted by molar-refractivity contribution is -0.927. The molecule has 0 atom stereocenters. The maximum atomic E-state index is 12.7. The molecule has 24 heavy (non-hydrogen) atoms. The Hall–Kier alpha value is -1.49. The molecule has 1 fully saturated rings. The van der Waals surface area contributed by atoms with E-state index in [0.29, 0.717) is 6.54 Å². The van der Waals surface area contributed by atoms with E-state index in [2.05, 4.69) is 24.3 Å². The van der Waals surface area contributed by atoms with Crippen molar-refractivity contribution < 1.29 is 31.0 Å². The number of ketones is 1. The molecule has 1 aliphatic heterocycles. The molecule has 1 saturated heterocycles. The number of carbonyl (C=O) groups excluding carboxylic acids is 1. The van der Waals surface area contributed by atoms with Crippen LogP contribution in [0.25, 0.3) is 0 Å². The molecular weight excluding hydrogens is 366 g/mol. The van der Waals surface area contributed by atoms with Crippen LogP contribution >= 0.6 is 0 Å². The van der Waals surface area contributed by atoms with E-state index in [4.69, 9.17) is 4.74 Å². The molecule has 0 N–H and O–H groups in total. The third-order valence-electron chi connectivity index (χ3n) is 4.71. The number of ether oxygens (including phenoxy) is 1. The zero-order valence-corrected chi connectivity index (χ0v) is 15.5. The molecule has 4 heteroatoms. The van der Waals surface area contributed by atoms with Crippen molar-refractivity contribution in [3.63, 3.8) is 0 Å². The van der Waals surface area contributed by atoms with Gasteiger partial charge in [0.2, 0.25) is 5.78 Å². The van der Waals surface area contributed by atoms with Gasteiger partial charge in [0.05, 0.1) is 19.8 Å². The van der Waals surface area contributed by atoms with Crippen LogP contribution in [0.2, 0.25) is 0 Å². The largest absolute Gasteiger partial charge is 1.00 e. The molecule has 1 heterocycles. The highest BCUT2D eigenvalue weighted by atomic mass is 79.9. The molecule has 3 nitrogen and oxygen atoms in total. The van der Waals surface area contributed by atoms with E-state index in [1.165, 1.54) is 5.56 Å². The van der Waals surface area contributed by atoms with Crippen molar-refractivity contribution >= 4 is 5.78 Å². The van der Waals surface area contributed by atoms with Crippen LogP contribution in [-0.4, -0.2) is 49.7 Å². The van der Waals surface area contributed by atoms with Gasteiger partial charge < -0.3 is 26.2 Å². The molecule has 0 aliphatic carbocycles. The third-order valence-corrected chi connectivity index (χ3v) is 4.71. The number of halogens is 1. The number of Topliss-reactive ketones (excluding diaryl/α,β-unsaturated/α-hetero) is 1. The number of benzene rings is 2. The topological polar surface area (TPSA) is 26.3 Å². The number of carbonyl (C=O) groups is 1.